The van der Waals surface area contributed by atoms with Gasteiger partial charge in [0.05, 0.1) is 0 Å². The van der Waals surface area contributed by atoms with Crippen molar-refractivity contribution in [3.8, 4) is 0 Å². The van der Waals surface area contributed by atoms with Gasteiger partial charge in [-0.1, -0.05) is 44.9 Å². The quantitative estimate of drug-likeness (QED) is 0.513. The lowest BCUT2D eigenvalue weighted by atomic mass is 9.55. The highest BCUT2D eigenvalue weighted by Crippen LogP contribution is 2.61. The van der Waals surface area contributed by atoms with Crippen molar-refractivity contribution in [1.29, 1.82) is 0 Å². The molecule has 4 fully saturated rings. The minimum absolute atomic E-state index is 0.825. The highest BCUT2D eigenvalue weighted by atomic mass is 14.5. The second-order valence-electron chi connectivity index (χ2n) is 8.99. The van der Waals surface area contributed by atoms with Gasteiger partial charge in [-0.15, -0.1) is 0 Å². The summed E-state index contributed by atoms with van der Waals surface area (Å²) in [7, 11) is 0. The second kappa shape index (κ2) is 5.33. The van der Waals surface area contributed by atoms with E-state index < -0.39 is 0 Å². The summed E-state index contributed by atoms with van der Waals surface area (Å²) in [5.74, 6) is 2.27. The molecule has 20 heavy (non-hydrogen) atoms. The van der Waals surface area contributed by atoms with Gasteiger partial charge < -0.3 is 0 Å². The Morgan fingerprint density at radius 3 is 1.95 bits per heavy atom. The van der Waals surface area contributed by atoms with Gasteiger partial charge in [-0.2, -0.15) is 0 Å². The monoisotopic (exact) mass is 274 g/mol. The van der Waals surface area contributed by atoms with Crippen LogP contribution in [-0.4, -0.2) is 0 Å². The molecular formula is C20H34. The first-order valence-electron chi connectivity index (χ1n) is 9.82. The summed E-state index contributed by atoms with van der Waals surface area (Å²) in [5, 5.41) is 0. The molecule has 0 aromatic heterocycles. The summed E-state index contributed by atoms with van der Waals surface area (Å²) < 4.78 is 0. The van der Waals surface area contributed by atoms with Gasteiger partial charge in [0.1, 0.15) is 0 Å². The summed E-state index contributed by atoms with van der Waals surface area (Å²) in [4.78, 5) is 0. The van der Waals surface area contributed by atoms with Crippen molar-refractivity contribution in [2.24, 2.45) is 22.7 Å². The lowest BCUT2D eigenvalue weighted by Gasteiger charge is -2.50. The highest BCUT2D eigenvalue weighted by Gasteiger charge is 2.49. The van der Waals surface area contributed by atoms with Crippen molar-refractivity contribution in [2.45, 2.75) is 103 Å². The van der Waals surface area contributed by atoms with Gasteiger partial charge in [0, 0.05) is 0 Å². The van der Waals surface area contributed by atoms with Crippen molar-refractivity contribution in [2.75, 3.05) is 0 Å². The molecule has 0 N–H and O–H groups in total. The van der Waals surface area contributed by atoms with Crippen LogP contribution in [0.2, 0.25) is 0 Å². The zero-order valence-electron chi connectivity index (χ0n) is 13.5. The van der Waals surface area contributed by atoms with Crippen molar-refractivity contribution in [3.63, 3.8) is 0 Å². The smallest absolute Gasteiger partial charge is 0.0267 e. The zero-order valence-corrected chi connectivity index (χ0v) is 13.5. The first-order chi connectivity index (χ1) is 9.82. The first-order valence-corrected chi connectivity index (χ1v) is 9.82. The number of rotatable bonds is 1. The molecule has 4 saturated carbocycles. The molecule has 4 rings (SSSR count). The third-order valence-electron chi connectivity index (χ3n) is 8.05. The fourth-order valence-corrected chi connectivity index (χ4v) is 7.12. The molecule has 114 valence electrons. The first kappa shape index (κ1) is 13.6. The normalized spacial score (nSPS) is 39.6. The summed E-state index contributed by atoms with van der Waals surface area (Å²) in [6, 6.07) is 0. The molecule has 2 atom stereocenters. The Kier molecular flexibility index (Phi) is 3.63. The van der Waals surface area contributed by atoms with Crippen LogP contribution in [0.15, 0.2) is 0 Å². The topological polar surface area (TPSA) is 0 Å². The van der Waals surface area contributed by atoms with Crippen LogP contribution >= 0.6 is 0 Å². The van der Waals surface area contributed by atoms with E-state index in [-0.39, 0.29) is 0 Å². The van der Waals surface area contributed by atoms with Crippen LogP contribution in [0.1, 0.15) is 103 Å². The van der Waals surface area contributed by atoms with Crippen LogP contribution in [0.4, 0.5) is 0 Å². The van der Waals surface area contributed by atoms with Gasteiger partial charge in [-0.25, -0.2) is 0 Å². The van der Waals surface area contributed by atoms with Crippen molar-refractivity contribution >= 4 is 0 Å². The minimum atomic E-state index is 0.825. The third kappa shape index (κ3) is 2.26. The van der Waals surface area contributed by atoms with E-state index in [9.17, 15) is 0 Å². The number of hydrogen-bond acceptors (Lipinski definition) is 0. The second-order valence-corrected chi connectivity index (χ2v) is 8.99. The number of hydrogen-bond donors (Lipinski definition) is 0. The van der Waals surface area contributed by atoms with E-state index in [2.05, 4.69) is 0 Å². The van der Waals surface area contributed by atoms with Crippen molar-refractivity contribution < 1.29 is 0 Å². The predicted molar refractivity (Wildman–Crippen MR) is 85.7 cm³/mol. The summed E-state index contributed by atoms with van der Waals surface area (Å²) >= 11 is 0. The lowest BCUT2D eigenvalue weighted by molar-refractivity contribution is 0.00840. The third-order valence-corrected chi connectivity index (χ3v) is 8.05. The fourth-order valence-electron chi connectivity index (χ4n) is 7.12. The van der Waals surface area contributed by atoms with E-state index >= 15 is 0 Å². The van der Waals surface area contributed by atoms with Gasteiger partial charge in [0.2, 0.25) is 0 Å². The predicted octanol–water partition coefficient (Wildman–Crippen LogP) is 6.49. The van der Waals surface area contributed by atoms with E-state index in [0.717, 1.165) is 22.7 Å². The van der Waals surface area contributed by atoms with E-state index in [1.54, 1.807) is 96.3 Å². The van der Waals surface area contributed by atoms with Gasteiger partial charge in [-0.05, 0) is 80.5 Å². The Bertz CT molecular complexity index is 322. The molecule has 2 spiro atoms. The molecule has 0 bridgehead atoms. The largest absolute Gasteiger partial charge is 0.0533 e. The molecule has 4 aliphatic rings. The zero-order chi connectivity index (χ0) is 13.5. The van der Waals surface area contributed by atoms with Crippen LogP contribution in [0.3, 0.4) is 0 Å². The molecule has 4 aliphatic carbocycles. The molecule has 0 nitrogen and oxygen atoms in total. The summed E-state index contributed by atoms with van der Waals surface area (Å²) in [6.45, 7) is 0. The average molecular weight is 274 g/mol. The molecule has 0 radical (unpaired) electrons. The Balaban J connectivity index is 1.51. The van der Waals surface area contributed by atoms with Crippen LogP contribution in [0.25, 0.3) is 0 Å². The van der Waals surface area contributed by atoms with Crippen molar-refractivity contribution in [1.82, 2.24) is 0 Å². The maximum atomic E-state index is 1.64. The van der Waals surface area contributed by atoms with Gasteiger partial charge in [0.25, 0.3) is 0 Å². The van der Waals surface area contributed by atoms with Crippen LogP contribution in [0, 0.1) is 22.7 Å². The Morgan fingerprint density at radius 2 is 1.20 bits per heavy atom. The van der Waals surface area contributed by atoms with Crippen LogP contribution < -0.4 is 0 Å². The summed E-state index contributed by atoms with van der Waals surface area (Å²) in [5.41, 5.74) is 1.67. The Labute approximate surface area is 126 Å². The molecule has 0 aliphatic heterocycles. The fraction of sp³-hybridized carbons (Fsp3) is 1.00. The maximum absolute atomic E-state index is 1.64. The molecule has 0 saturated heterocycles. The van der Waals surface area contributed by atoms with E-state index in [4.69, 9.17) is 0 Å². The molecule has 0 amide bonds. The molecule has 0 aromatic carbocycles. The highest BCUT2D eigenvalue weighted by molar-refractivity contribution is 5.00. The lowest BCUT2D eigenvalue weighted by Crippen LogP contribution is -2.39. The van der Waals surface area contributed by atoms with Crippen LogP contribution in [0.5, 0.6) is 0 Å². The van der Waals surface area contributed by atoms with Gasteiger partial charge in [-0.3, -0.25) is 0 Å². The van der Waals surface area contributed by atoms with Gasteiger partial charge >= 0.3 is 0 Å². The summed E-state index contributed by atoms with van der Waals surface area (Å²) in [6.07, 6.45) is 25.2. The molecule has 0 aromatic rings. The van der Waals surface area contributed by atoms with Gasteiger partial charge in [0.15, 0.2) is 0 Å². The molecule has 0 heteroatoms. The van der Waals surface area contributed by atoms with Crippen molar-refractivity contribution in [3.05, 3.63) is 0 Å². The Morgan fingerprint density at radius 1 is 0.550 bits per heavy atom. The average Bonchev–Trinajstić information content (AvgIpc) is 3.11. The Hall–Kier alpha value is 0. The maximum Gasteiger partial charge on any atom is -0.0267 e. The van der Waals surface area contributed by atoms with E-state index in [0.29, 0.717) is 0 Å². The van der Waals surface area contributed by atoms with E-state index in [1.165, 1.54) is 6.42 Å². The molecule has 0 heterocycles. The SMILES string of the molecule is C1CCC2(CC1)CCCCC2C1CCC2(CCCC2)C1. The standard InChI is InChI=1S/C20H34/c1-3-12-20(13-4-1)14-5-2-8-18(20)17-9-15-19(16-17)10-6-7-11-19/h17-18H,1-16H2. The molecule has 2 unspecified atom stereocenters. The molecular weight excluding hydrogens is 240 g/mol. The minimum Gasteiger partial charge on any atom is -0.0533 e. The van der Waals surface area contributed by atoms with E-state index in [1.807, 2.05) is 0 Å². The van der Waals surface area contributed by atoms with Crippen LogP contribution in [-0.2, 0) is 0 Å².